The standard InChI is InChI=1S/C24H29N3O4S/c1-5-26(6-2)24(29)15-27-14-22(19-9-7-8-10-21(19)27)32(30,31)16-23(28)25-20-12-11-17(3)13-18(20)4/h7-14H,5-6,15-16H2,1-4H3,(H,25,28). The highest BCUT2D eigenvalue weighted by Gasteiger charge is 2.25. The van der Waals surface area contributed by atoms with Crippen LogP contribution < -0.4 is 5.32 Å². The minimum absolute atomic E-state index is 0.0342. The van der Waals surface area contributed by atoms with E-state index in [2.05, 4.69) is 5.32 Å². The van der Waals surface area contributed by atoms with Crippen LogP contribution in [0.1, 0.15) is 25.0 Å². The molecule has 1 aromatic heterocycles. The third-order valence-electron chi connectivity index (χ3n) is 5.49. The Morgan fingerprint density at radius 3 is 2.38 bits per heavy atom. The number of hydrogen-bond acceptors (Lipinski definition) is 4. The molecule has 1 heterocycles. The number of amides is 2. The van der Waals surface area contributed by atoms with E-state index in [9.17, 15) is 18.0 Å². The van der Waals surface area contributed by atoms with Crippen LogP contribution >= 0.6 is 0 Å². The number of anilines is 1. The van der Waals surface area contributed by atoms with Gasteiger partial charge in [-0.1, -0.05) is 35.9 Å². The topological polar surface area (TPSA) is 88.5 Å². The van der Waals surface area contributed by atoms with Crippen LogP contribution in [0.5, 0.6) is 0 Å². The second-order valence-corrected chi connectivity index (χ2v) is 9.79. The monoisotopic (exact) mass is 455 g/mol. The predicted molar refractivity (Wildman–Crippen MR) is 126 cm³/mol. The molecule has 1 N–H and O–H groups in total. The number of nitrogens with one attached hydrogen (secondary N) is 1. The summed E-state index contributed by atoms with van der Waals surface area (Å²) in [4.78, 5) is 26.9. The Bertz CT molecular complexity index is 1260. The van der Waals surface area contributed by atoms with Crippen molar-refractivity contribution in [3.63, 3.8) is 0 Å². The van der Waals surface area contributed by atoms with Gasteiger partial charge in [0, 0.05) is 35.9 Å². The quantitative estimate of drug-likeness (QED) is 0.563. The van der Waals surface area contributed by atoms with Crippen molar-refractivity contribution in [3.05, 3.63) is 59.8 Å². The van der Waals surface area contributed by atoms with Gasteiger partial charge in [-0.25, -0.2) is 8.42 Å². The minimum Gasteiger partial charge on any atom is -0.342 e. The van der Waals surface area contributed by atoms with Crippen molar-refractivity contribution in [1.29, 1.82) is 0 Å². The van der Waals surface area contributed by atoms with Crippen LogP contribution in [0.25, 0.3) is 10.9 Å². The van der Waals surface area contributed by atoms with Gasteiger partial charge in [0.25, 0.3) is 0 Å². The highest BCUT2D eigenvalue weighted by Crippen LogP contribution is 2.27. The summed E-state index contributed by atoms with van der Waals surface area (Å²) in [5.74, 6) is -1.38. The van der Waals surface area contributed by atoms with Crippen LogP contribution in [-0.2, 0) is 26.0 Å². The number of aromatic nitrogens is 1. The lowest BCUT2D eigenvalue weighted by Crippen LogP contribution is -2.33. The van der Waals surface area contributed by atoms with Gasteiger partial charge in [0.1, 0.15) is 12.3 Å². The lowest BCUT2D eigenvalue weighted by atomic mass is 10.1. The van der Waals surface area contributed by atoms with E-state index in [1.807, 2.05) is 39.8 Å². The van der Waals surface area contributed by atoms with Crippen molar-refractivity contribution in [2.45, 2.75) is 39.1 Å². The van der Waals surface area contributed by atoms with Crippen LogP contribution in [0, 0.1) is 13.8 Å². The molecule has 2 amide bonds. The number of fused-ring (bicyclic) bond motifs is 1. The first-order valence-electron chi connectivity index (χ1n) is 10.6. The zero-order valence-electron chi connectivity index (χ0n) is 18.9. The highest BCUT2D eigenvalue weighted by atomic mass is 32.2. The smallest absolute Gasteiger partial charge is 0.242 e. The number of carbonyl (C=O) groups excluding carboxylic acids is 2. The molecule has 0 aliphatic heterocycles. The van der Waals surface area contributed by atoms with Crippen molar-refractivity contribution in [1.82, 2.24) is 9.47 Å². The number of benzene rings is 2. The summed E-state index contributed by atoms with van der Waals surface area (Å²) < 4.78 is 28.0. The molecule has 2 aromatic carbocycles. The first-order chi connectivity index (χ1) is 15.2. The maximum atomic E-state index is 13.2. The molecule has 0 unspecified atom stereocenters. The molecule has 0 atom stereocenters. The molecule has 0 saturated carbocycles. The number of aryl methyl sites for hydroxylation is 2. The predicted octanol–water partition coefficient (Wildman–Crippen LogP) is 3.54. The summed E-state index contributed by atoms with van der Waals surface area (Å²) in [7, 11) is -3.93. The lowest BCUT2D eigenvalue weighted by Gasteiger charge is -2.19. The molecule has 3 aromatic rings. The Hall–Kier alpha value is -3.13. The Morgan fingerprint density at radius 1 is 1.03 bits per heavy atom. The van der Waals surface area contributed by atoms with Gasteiger partial charge in [0.2, 0.25) is 11.8 Å². The average Bonchev–Trinajstić information content (AvgIpc) is 3.10. The van der Waals surface area contributed by atoms with Crippen LogP contribution in [-0.4, -0.2) is 48.5 Å². The fraction of sp³-hybridized carbons (Fsp3) is 0.333. The van der Waals surface area contributed by atoms with Gasteiger partial charge in [-0.2, -0.15) is 0 Å². The number of hydrogen-bond donors (Lipinski definition) is 1. The molecule has 0 saturated heterocycles. The molecule has 0 fully saturated rings. The lowest BCUT2D eigenvalue weighted by molar-refractivity contribution is -0.131. The second kappa shape index (κ2) is 9.56. The molecule has 3 rings (SSSR count). The molecule has 0 aliphatic carbocycles. The summed E-state index contributed by atoms with van der Waals surface area (Å²) in [5.41, 5.74) is 3.15. The highest BCUT2D eigenvalue weighted by molar-refractivity contribution is 7.92. The third-order valence-corrected chi connectivity index (χ3v) is 7.12. The number of likely N-dealkylation sites (N-methyl/N-ethyl adjacent to an activating group) is 1. The van der Waals surface area contributed by atoms with Crippen LogP contribution in [0.4, 0.5) is 5.69 Å². The number of carbonyl (C=O) groups is 2. The van der Waals surface area contributed by atoms with E-state index >= 15 is 0 Å². The van der Waals surface area contributed by atoms with Crippen LogP contribution in [0.15, 0.2) is 53.6 Å². The van der Waals surface area contributed by atoms with Crippen LogP contribution in [0.3, 0.4) is 0 Å². The molecule has 0 radical (unpaired) electrons. The Balaban J connectivity index is 1.89. The van der Waals surface area contributed by atoms with Gasteiger partial charge in [-0.05, 0) is 45.4 Å². The van der Waals surface area contributed by atoms with E-state index in [0.29, 0.717) is 29.7 Å². The largest absolute Gasteiger partial charge is 0.342 e. The Kier molecular flexibility index (Phi) is 7.03. The molecular weight excluding hydrogens is 426 g/mol. The molecule has 0 aliphatic rings. The summed E-state index contributed by atoms with van der Waals surface area (Å²) in [5, 5.41) is 3.19. The van der Waals surface area contributed by atoms with Gasteiger partial charge < -0.3 is 14.8 Å². The number of nitrogens with zero attached hydrogens (tertiary/aromatic N) is 2. The third kappa shape index (κ3) is 5.02. The first-order valence-corrected chi connectivity index (χ1v) is 12.3. The number of sulfone groups is 1. The van der Waals surface area contributed by atoms with E-state index in [0.717, 1.165) is 11.1 Å². The Labute approximate surface area is 188 Å². The molecule has 7 nitrogen and oxygen atoms in total. The van der Waals surface area contributed by atoms with Crippen molar-refractivity contribution >= 4 is 38.2 Å². The minimum atomic E-state index is -3.93. The zero-order chi connectivity index (χ0) is 23.5. The Morgan fingerprint density at radius 2 is 1.72 bits per heavy atom. The van der Waals surface area contributed by atoms with E-state index in [1.54, 1.807) is 39.8 Å². The number of para-hydroxylation sites is 1. The summed E-state index contributed by atoms with van der Waals surface area (Å²) >= 11 is 0. The average molecular weight is 456 g/mol. The molecule has 0 bridgehead atoms. The van der Waals surface area contributed by atoms with Crippen molar-refractivity contribution in [3.8, 4) is 0 Å². The fourth-order valence-corrected chi connectivity index (χ4v) is 5.17. The van der Waals surface area contributed by atoms with Crippen molar-refractivity contribution in [2.24, 2.45) is 0 Å². The SMILES string of the molecule is CCN(CC)C(=O)Cn1cc(S(=O)(=O)CC(=O)Nc2ccc(C)cc2C)c2ccccc21. The van der Waals surface area contributed by atoms with Gasteiger partial charge in [0.15, 0.2) is 9.84 Å². The van der Waals surface area contributed by atoms with Gasteiger partial charge in [-0.3, -0.25) is 9.59 Å². The zero-order valence-corrected chi connectivity index (χ0v) is 19.7. The maximum Gasteiger partial charge on any atom is 0.242 e. The summed E-state index contributed by atoms with van der Waals surface area (Å²) in [6.07, 6.45) is 1.46. The van der Waals surface area contributed by atoms with Crippen LogP contribution in [0.2, 0.25) is 0 Å². The van der Waals surface area contributed by atoms with Crippen molar-refractivity contribution < 1.29 is 18.0 Å². The van der Waals surface area contributed by atoms with Gasteiger partial charge in [0.05, 0.1) is 4.90 Å². The molecule has 32 heavy (non-hydrogen) atoms. The molecule has 0 spiro atoms. The second-order valence-electron chi connectivity index (χ2n) is 7.83. The normalized spacial score (nSPS) is 11.5. The maximum absolute atomic E-state index is 13.2. The summed E-state index contributed by atoms with van der Waals surface area (Å²) in [6, 6.07) is 12.6. The van der Waals surface area contributed by atoms with E-state index < -0.39 is 21.5 Å². The van der Waals surface area contributed by atoms with Gasteiger partial charge in [-0.15, -0.1) is 0 Å². The van der Waals surface area contributed by atoms with E-state index in [4.69, 9.17) is 0 Å². The molecule has 8 heteroatoms. The van der Waals surface area contributed by atoms with Gasteiger partial charge >= 0.3 is 0 Å². The summed E-state index contributed by atoms with van der Waals surface area (Å²) in [6.45, 7) is 8.81. The first kappa shape index (κ1) is 23.5. The molecular formula is C24H29N3O4S. The number of rotatable bonds is 8. The van der Waals surface area contributed by atoms with E-state index in [1.165, 1.54) is 6.20 Å². The van der Waals surface area contributed by atoms with Crippen molar-refractivity contribution in [2.75, 3.05) is 24.2 Å². The molecule has 170 valence electrons. The fourth-order valence-electron chi connectivity index (χ4n) is 3.80. The van der Waals surface area contributed by atoms with E-state index in [-0.39, 0.29) is 17.3 Å².